The zero-order chi connectivity index (χ0) is 13.9. The number of hydrogen-bond donors (Lipinski definition) is 1. The van der Waals surface area contributed by atoms with Gasteiger partial charge in [0, 0.05) is 19.5 Å². The largest absolute Gasteiger partial charge is 0.391 e. The van der Waals surface area contributed by atoms with Gasteiger partial charge in [-0.3, -0.25) is 4.79 Å². The van der Waals surface area contributed by atoms with E-state index in [9.17, 15) is 18.3 Å². The van der Waals surface area contributed by atoms with Crippen molar-refractivity contribution >= 4 is 15.7 Å². The van der Waals surface area contributed by atoms with Gasteiger partial charge in [0.1, 0.15) is 0 Å². The Hall–Kier alpha value is -1.40. The lowest BCUT2D eigenvalue weighted by Crippen LogP contribution is -2.30. The van der Waals surface area contributed by atoms with Gasteiger partial charge in [-0.2, -0.15) is 0 Å². The molecule has 1 aliphatic heterocycles. The molecule has 6 heteroatoms. The third-order valence-corrected chi connectivity index (χ3v) is 4.94. The molecule has 1 aromatic rings. The highest BCUT2D eigenvalue weighted by Gasteiger charge is 2.25. The lowest BCUT2D eigenvalue weighted by Gasteiger charge is -2.15. The molecule has 0 aromatic heterocycles. The second kappa shape index (κ2) is 5.71. The monoisotopic (exact) mass is 283 g/mol. The Morgan fingerprint density at radius 2 is 2.00 bits per heavy atom. The predicted molar refractivity (Wildman–Crippen MR) is 70.3 cm³/mol. The second-order valence-corrected chi connectivity index (χ2v) is 6.77. The highest BCUT2D eigenvalue weighted by molar-refractivity contribution is 7.91. The van der Waals surface area contributed by atoms with E-state index in [0.717, 1.165) is 0 Å². The number of aliphatic hydroxyl groups excluding tert-OH is 1. The molecule has 1 N–H and O–H groups in total. The van der Waals surface area contributed by atoms with Crippen molar-refractivity contribution in [1.82, 2.24) is 4.90 Å². The molecule has 2 rings (SSSR count). The summed E-state index contributed by atoms with van der Waals surface area (Å²) in [7, 11) is -3.41. The van der Waals surface area contributed by atoms with E-state index >= 15 is 0 Å². The molecule has 104 valence electrons. The molecule has 1 aliphatic rings. The zero-order valence-electron chi connectivity index (χ0n) is 10.5. The van der Waals surface area contributed by atoms with Crippen LogP contribution < -0.4 is 0 Å². The Balaban J connectivity index is 1.93. The number of amides is 1. The molecule has 19 heavy (non-hydrogen) atoms. The minimum absolute atomic E-state index is 0.0378. The molecular weight excluding hydrogens is 266 g/mol. The van der Waals surface area contributed by atoms with E-state index in [1.165, 1.54) is 17.0 Å². The van der Waals surface area contributed by atoms with Crippen LogP contribution in [0.5, 0.6) is 0 Å². The molecular formula is C13H17NO4S. The molecule has 1 amide bonds. The van der Waals surface area contributed by atoms with E-state index in [4.69, 9.17) is 0 Å². The maximum Gasteiger partial charge on any atom is 0.223 e. The first-order chi connectivity index (χ1) is 8.99. The summed E-state index contributed by atoms with van der Waals surface area (Å²) in [6.45, 7) is 0.815. The van der Waals surface area contributed by atoms with Gasteiger partial charge in [-0.15, -0.1) is 0 Å². The van der Waals surface area contributed by atoms with Crippen LogP contribution in [0.1, 0.15) is 12.8 Å². The number of nitrogens with zero attached hydrogens (tertiary/aromatic N) is 1. The first-order valence-corrected chi connectivity index (χ1v) is 7.88. The fraction of sp³-hybridized carbons (Fsp3) is 0.462. The van der Waals surface area contributed by atoms with Crippen LogP contribution >= 0.6 is 0 Å². The minimum atomic E-state index is -3.41. The molecule has 1 atom stereocenters. The van der Waals surface area contributed by atoms with Crippen molar-refractivity contribution in [3.63, 3.8) is 0 Å². The van der Waals surface area contributed by atoms with Crippen LogP contribution in [0.25, 0.3) is 0 Å². The van der Waals surface area contributed by atoms with Crippen LogP contribution in [0.15, 0.2) is 35.2 Å². The fourth-order valence-electron chi connectivity index (χ4n) is 2.09. The summed E-state index contributed by atoms with van der Waals surface area (Å²) in [5.41, 5.74) is 0. The van der Waals surface area contributed by atoms with Gasteiger partial charge >= 0.3 is 0 Å². The van der Waals surface area contributed by atoms with E-state index in [0.29, 0.717) is 19.5 Å². The van der Waals surface area contributed by atoms with Crippen LogP contribution in [-0.4, -0.2) is 49.3 Å². The van der Waals surface area contributed by atoms with Gasteiger partial charge in [-0.25, -0.2) is 8.42 Å². The van der Waals surface area contributed by atoms with Crippen LogP contribution in [0, 0.1) is 0 Å². The first-order valence-electron chi connectivity index (χ1n) is 6.23. The summed E-state index contributed by atoms with van der Waals surface area (Å²) < 4.78 is 24.0. The molecule has 0 unspecified atom stereocenters. The topological polar surface area (TPSA) is 74.7 Å². The average molecular weight is 283 g/mol. The smallest absolute Gasteiger partial charge is 0.223 e. The van der Waals surface area contributed by atoms with E-state index < -0.39 is 15.9 Å². The Labute approximate surface area is 112 Å². The minimum Gasteiger partial charge on any atom is -0.391 e. The van der Waals surface area contributed by atoms with Gasteiger partial charge in [0.2, 0.25) is 5.91 Å². The summed E-state index contributed by atoms with van der Waals surface area (Å²) in [5, 5.41) is 9.34. The predicted octanol–water partition coefficient (Wildman–Crippen LogP) is 0.444. The van der Waals surface area contributed by atoms with Gasteiger partial charge in [0.05, 0.1) is 16.8 Å². The summed E-state index contributed by atoms with van der Waals surface area (Å²) in [4.78, 5) is 13.6. The summed E-state index contributed by atoms with van der Waals surface area (Å²) in [6, 6.07) is 8.12. The van der Waals surface area contributed by atoms with Crippen LogP contribution in [-0.2, 0) is 14.6 Å². The van der Waals surface area contributed by atoms with Gasteiger partial charge in [-0.05, 0) is 18.6 Å². The molecule has 1 saturated heterocycles. The van der Waals surface area contributed by atoms with E-state index in [2.05, 4.69) is 0 Å². The molecule has 0 radical (unpaired) electrons. The molecule has 1 aromatic carbocycles. The van der Waals surface area contributed by atoms with E-state index in [-0.39, 0.29) is 23.0 Å². The summed E-state index contributed by atoms with van der Waals surface area (Å²) >= 11 is 0. The number of aliphatic hydroxyl groups is 1. The number of carbonyl (C=O) groups excluding carboxylic acids is 1. The third kappa shape index (κ3) is 3.54. The standard InChI is InChI=1S/C13H17NO4S/c15-11-6-8-14(10-11)13(16)7-9-19(17,18)12-4-2-1-3-5-12/h1-5,11,15H,6-10H2/t11-/m0/s1. The number of carbonyl (C=O) groups is 1. The molecule has 0 bridgehead atoms. The fourth-order valence-corrected chi connectivity index (χ4v) is 3.34. The zero-order valence-corrected chi connectivity index (χ0v) is 11.3. The van der Waals surface area contributed by atoms with Gasteiger partial charge in [0.25, 0.3) is 0 Å². The van der Waals surface area contributed by atoms with Crippen LogP contribution in [0.4, 0.5) is 0 Å². The van der Waals surface area contributed by atoms with Gasteiger partial charge < -0.3 is 10.0 Å². The van der Waals surface area contributed by atoms with Crippen molar-refractivity contribution in [1.29, 1.82) is 0 Å². The number of sulfone groups is 1. The number of β-amino-alcohol motifs (C(OH)–C–C–N with tert-alkyl or cyclic N) is 1. The molecule has 5 nitrogen and oxygen atoms in total. The van der Waals surface area contributed by atoms with Crippen molar-refractivity contribution < 1.29 is 18.3 Å². The first kappa shape index (κ1) is 14.0. The lowest BCUT2D eigenvalue weighted by molar-refractivity contribution is -0.130. The maximum atomic E-state index is 12.0. The third-order valence-electron chi connectivity index (χ3n) is 3.20. The quantitative estimate of drug-likeness (QED) is 0.870. The molecule has 0 aliphatic carbocycles. The van der Waals surface area contributed by atoms with Crippen molar-refractivity contribution in [3.8, 4) is 0 Å². The normalized spacial score (nSPS) is 19.6. The van der Waals surface area contributed by atoms with Gasteiger partial charge in [0.15, 0.2) is 9.84 Å². The number of hydrogen-bond acceptors (Lipinski definition) is 4. The molecule has 1 fully saturated rings. The Bertz CT molecular complexity index is 541. The second-order valence-electron chi connectivity index (χ2n) is 4.66. The van der Waals surface area contributed by atoms with Crippen molar-refractivity contribution in [2.45, 2.75) is 23.8 Å². The number of benzene rings is 1. The van der Waals surface area contributed by atoms with Crippen LogP contribution in [0.3, 0.4) is 0 Å². The Morgan fingerprint density at radius 3 is 2.58 bits per heavy atom. The lowest BCUT2D eigenvalue weighted by atomic mass is 10.3. The van der Waals surface area contributed by atoms with Crippen molar-refractivity contribution in [2.24, 2.45) is 0 Å². The Morgan fingerprint density at radius 1 is 1.32 bits per heavy atom. The summed E-state index contributed by atoms with van der Waals surface area (Å²) in [6.07, 6.45) is 0.0517. The Kier molecular flexibility index (Phi) is 4.21. The van der Waals surface area contributed by atoms with Crippen molar-refractivity contribution in [2.75, 3.05) is 18.8 Å². The average Bonchev–Trinajstić information content (AvgIpc) is 2.84. The maximum absolute atomic E-state index is 12.0. The number of likely N-dealkylation sites (tertiary alicyclic amines) is 1. The molecule has 0 spiro atoms. The molecule has 0 saturated carbocycles. The molecule has 1 heterocycles. The van der Waals surface area contributed by atoms with Crippen LogP contribution in [0.2, 0.25) is 0 Å². The van der Waals surface area contributed by atoms with E-state index in [1.807, 2.05) is 0 Å². The highest BCUT2D eigenvalue weighted by atomic mass is 32.2. The van der Waals surface area contributed by atoms with Crippen molar-refractivity contribution in [3.05, 3.63) is 30.3 Å². The van der Waals surface area contributed by atoms with E-state index in [1.54, 1.807) is 18.2 Å². The van der Waals surface area contributed by atoms with Gasteiger partial charge in [-0.1, -0.05) is 18.2 Å². The summed E-state index contributed by atoms with van der Waals surface area (Å²) in [5.74, 6) is -0.404. The highest BCUT2D eigenvalue weighted by Crippen LogP contribution is 2.14. The number of rotatable bonds is 4. The SMILES string of the molecule is O=C(CCS(=O)(=O)c1ccccc1)N1CC[C@H](O)C1.